The van der Waals surface area contributed by atoms with E-state index in [1.54, 1.807) is 12.1 Å². The zero-order valence-electron chi connectivity index (χ0n) is 10.2. The number of nitrogens with one attached hydrogen (secondary N) is 1. The van der Waals surface area contributed by atoms with Crippen LogP contribution < -0.4 is 14.2 Å². The minimum Gasteiger partial charge on any atom is -0.493 e. The Kier molecular flexibility index (Phi) is 3.01. The molecule has 1 aromatic heterocycles. The molecule has 2 rings (SSSR count). The average Bonchev–Trinajstić information content (AvgIpc) is 2.75. The third-order valence-electron chi connectivity index (χ3n) is 2.68. The number of carbonyl (C=O) groups is 1. The van der Waals surface area contributed by atoms with Crippen molar-refractivity contribution in [3.05, 3.63) is 17.8 Å². The maximum absolute atomic E-state index is 11.1. The van der Waals surface area contributed by atoms with Crippen molar-refractivity contribution < 1.29 is 24.1 Å². The smallest absolute Gasteiger partial charge is 0.356 e. The van der Waals surface area contributed by atoms with E-state index in [9.17, 15) is 4.79 Å². The number of fused-ring (bicyclic) bond motifs is 1. The molecule has 0 unspecified atom stereocenters. The number of aromatic amines is 1. The average molecular weight is 251 g/mol. The van der Waals surface area contributed by atoms with Crippen LogP contribution in [-0.2, 0) is 0 Å². The Bertz CT molecular complexity index is 602. The van der Waals surface area contributed by atoms with Gasteiger partial charge in [-0.05, 0) is 12.1 Å². The molecule has 0 atom stereocenters. The van der Waals surface area contributed by atoms with Gasteiger partial charge in [0.05, 0.1) is 32.2 Å². The standard InChI is InChI=1S/C12H13NO5/c1-16-7-5-4-6-8(10(7)17-2)11(18-3)9(13-6)12(14)15/h4-5,13H,1-3H3,(H,14,15). The van der Waals surface area contributed by atoms with Gasteiger partial charge in [-0.2, -0.15) is 0 Å². The summed E-state index contributed by atoms with van der Waals surface area (Å²) in [6, 6.07) is 3.41. The fourth-order valence-electron chi connectivity index (χ4n) is 1.93. The van der Waals surface area contributed by atoms with Crippen molar-refractivity contribution in [3.8, 4) is 17.2 Å². The van der Waals surface area contributed by atoms with Gasteiger partial charge in [0.2, 0.25) is 0 Å². The van der Waals surface area contributed by atoms with Gasteiger partial charge in [0, 0.05) is 0 Å². The molecular formula is C12H13NO5. The summed E-state index contributed by atoms with van der Waals surface area (Å²) < 4.78 is 15.6. The first-order chi connectivity index (χ1) is 8.63. The molecule has 0 aliphatic carbocycles. The predicted molar refractivity (Wildman–Crippen MR) is 64.9 cm³/mol. The summed E-state index contributed by atoms with van der Waals surface area (Å²) in [6.07, 6.45) is 0. The van der Waals surface area contributed by atoms with Gasteiger partial charge in [-0.3, -0.25) is 0 Å². The molecule has 96 valence electrons. The molecule has 2 aromatic rings. The van der Waals surface area contributed by atoms with E-state index in [2.05, 4.69) is 4.98 Å². The van der Waals surface area contributed by atoms with E-state index in [-0.39, 0.29) is 11.4 Å². The molecule has 0 radical (unpaired) electrons. The zero-order chi connectivity index (χ0) is 13.3. The molecule has 18 heavy (non-hydrogen) atoms. The van der Waals surface area contributed by atoms with Crippen LogP contribution in [0, 0.1) is 0 Å². The number of ether oxygens (including phenoxy) is 3. The van der Waals surface area contributed by atoms with Gasteiger partial charge in [0.1, 0.15) is 0 Å². The quantitative estimate of drug-likeness (QED) is 0.867. The first kappa shape index (κ1) is 12.1. The van der Waals surface area contributed by atoms with Crippen molar-refractivity contribution in [2.24, 2.45) is 0 Å². The summed E-state index contributed by atoms with van der Waals surface area (Å²) in [7, 11) is 4.42. The molecule has 0 aliphatic heterocycles. The van der Waals surface area contributed by atoms with Crippen molar-refractivity contribution in [1.29, 1.82) is 0 Å². The Balaban J connectivity index is 2.86. The fourth-order valence-corrected chi connectivity index (χ4v) is 1.93. The van der Waals surface area contributed by atoms with E-state index >= 15 is 0 Å². The first-order valence-electron chi connectivity index (χ1n) is 5.18. The van der Waals surface area contributed by atoms with Gasteiger partial charge in [-0.15, -0.1) is 0 Å². The van der Waals surface area contributed by atoms with Crippen molar-refractivity contribution in [1.82, 2.24) is 4.98 Å². The molecule has 0 amide bonds. The van der Waals surface area contributed by atoms with Crippen LogP contribution in [0.15, 0.2) is 12.1 Å². The maximum Gasteiger partial charge on any atom is 0.356 e. The molecule has 6 heteroatoms. The van der Waals surface area contributed by atoms with E-state index in [4.69, 9.17) is 19.3 Å². The van der Waals surface area contributed by atoms with Gasteiger partial charge in [-0.25, -0.2) is 4.79 Å². The number of carboxylic acids is 1. The van der Waals surface area contributed by atoms with Gasteiger partial charge >= 0.3 is 5.97 Å². The van der Waals surface area contributed by atoms with Gasteiger partial charge in [0.25, 0.3) is 0 Å². The lowest BCUT2D eigenvalue weighted by Gasteiger charge is -2.09. The van der Waals surface area contributed by atoms with E-state index in [0.717, 1.165) is 0 Å². The summed E-state index contributed by atoms with van der Waals surface area (Å²) in [5.41, 5.74) is 0.598. The van der Waals surface area contributed by atoms with Gasteiger partial charge in [-0.1, -0.05) is 0 Å². The number of aromatic carboxylic acids is 1. The fraction of sp³-hybridized carbons (Fsp3) is 0.250. The Labute approximate surface area is 103 Å². The number of rotatable bonds is 4. The zero-order valence-corrected chi connectivity index (χ0v) is 10.2. The second kappa shape index (κ2) is 4.48. The van der Waals surface area contributed by atoms with E-state index in [1.165, 1.54) is 21.3 Å². The molecule has 0 bridgehead atoms. The minimum absolute atomic E-state index is 0.0148. The molecule has 1 heterocycles. The molecular weight excluding hydrogens is 238 g/mol. The summed E-state index contributed by atoms with van der Waals surface area (Å²) in [4.78, 5) is 13.9. The van der Waals surface area contributed by atoms with Crippen LogP contribution >= 0.6 is 0 Å². The van der Waals surface area contributed by atoms with Crippen molar-refractivity contribution in [3.63, 3.8) is 0 Å². The van der Waals surface area contributed by atoms with Crippen LogP contribution in [0.1, 0.15) is 10.5 Å². The van der Waals surface area contributed by atoms with E-state index < -0.39 is 5.97 Å². The number of benzene rings is 1. The number of hydrogen-bond donors (Lipinski definition) is 2. The third-order valence-corrected chi connectivity index (χ3v) is 2.68. The molecule has 0 spiro atoms. The van der Waals surface area contributed by atoms with Gasteiger partial charge in [0.15, 0.2) is 22.9 Å². The van der Waals surface area contributed by atoms with Crippen LogP contribution in [-0.4, -0.2) is 37.4 Å². The molecule has 0 saturated carbocycles. The van der Waals surface area contributed by atoms with Gasteiger partial charge < -0.3 is 24.3 Å². The predicted octanol–water partition coefficient (Wildman–Crippen LogP) is 1.89. The number of hydrogen-bond acceptors (Lipinski definition) is 4. The highest BCUT2D eigenvalue weighted by Gasteiger charge is 2.22. The topological polar surface area (TPSA) is 80.8 Å². The molecule has 2 N–H and O–H groups in total. The normalized spacial score (nSPS) is 10.4. The highest BCUT2D eigenvalue weighted by atomic mass is 16.5. The van der Waals surface area contributed by atoms with Crippen LogP contribution in [0.2, 0.25) is 0 Å². The number of H-pyrrole nitrogens is 1. The summed E-state index contributed by atoms with van der Waals surface area (Å²) in [6.45, 7) is 0. The Morgan fingerprint density at radius 3 is 2.28 bits per heavy atom. The van der Waals surface area contributed by atoms with E-state index in [0.29, 0.717) is 22.4 Å². The molecule has 0 saturated heterocycles. The van der Waals surface area contributed by atoms with Crippen molar-refractivity contribution >= 4 is 16.9 Å². The molecule has 1 aromatic carbocycles. The lowest BCUT2D eigenvalue weighted by Crippen LogP contribution is -1.99. The highest BCUT2D eigenvalue weighted by Crippen LogP contribution is 2.42. The molecule has 6 nitrogen and oxygen atoms in total. The van der Waals surface area contributed by atoms with Crippen molar-refractivity contribution in [2.45, 2.75) is 0 Å². The lowest BCUT2D eigenvalue weighted by atomic mass is 10.2. The van der Waals surface area contributed by atoms with Crippen molar-refractivity contribution in [2.75, 3.05) is 21.3 Å². The Hall–Kier alpha value is -2.37. The second-order valence-electron chi connectivity index (χ2n) is 3.56. The Morgan fingerprint density at radius 1 is 1.11 bits per heavy atom. The van der Waals surface area contributed by atoms with Crippen LogP contribution in [0.4, 0.5) is 0 Å². The second-order valence-corrected chi connectivity index (χ2v) is 3.56. The monoisotopic (exact) mass is 251 g/mol. The summed E-state index contributed by atoms with van der Waals surface area (Å²) >= 11 is 0. The number of aromatic nitrogens is 1. The largest absolute Gasteiger partial charge is 0.493 e. The van der Waals surface area contributed by atoms with Crippen LogP contribution in [0.5, 0.6) is 17.2 Å². The van der Waals surface area contributed by atoms with Crippen LogP contribution in [0.25, 0.3) is 10.9 Å². The molecule has 0 fully saturated rings. The SMILES string of the molecule is COc1ccc2[nH]c(C(=O)O)c(OC)c2c1OC. The van der Waals surface area contributed by atoms with Crippen LogP contribution in [0.3, 0.4) is 0 Å². The van der Waals surface area contributed by atoms with E-state index in [1.807, 2.05) is 0 Å². The molecule has 0 aliphatic rings. The summed E-state index contributed by atoms with van der Waals surface area (Å²) in [5, 5.41) is 9.66. The highest BCUT2D eigenvalue weighted by molar-refractivity contribution is 6.03. The first-order valence-corrected chi connectivity index (χ1v) is 5.18. The third kappa shape index (κ3) is 1.62. The minimum atomic E-state index is -1.09. The summed E-state index contributed by atoms with van der Waals surface area (Å²) in [5.74, 6) is 0.0900. The number of carboxylic acid groups (broad SMARTS) is 1. The lowest BCUT2D eigenvalue weighted by molar-refractivity contribution is 0.0688. The maximum atomic E-state index is 11.1. The Morgan fingerprint density at radius 2 is 1.78 bits per heavy atom. The number of methoxy groups -OCH3 is 3.